The zero-order chi connectivity index (χ0) is 34.6. The van der Waals surface area contributed by atoms with Gasteiger partial charge in [-0.3, -0.25) is 9.78 Å². The lowest BCUT2D eigenvalue weighted by Gasteiger charge is -2.22. The van der Waals surface area contributed by atoms with E-state index in [2.05, 4.69) is 25.9 Å². The number of rotatable bonds is 15. The second kappa shape index (κ2) is 15.1. The first-order valence-electron chi connectivity index (χ1n) is 16.3. The van der Waals surface area contributed by atoms with Gasteiger partial charge in [0.15, 0.2) is 5.82 Å². The molecule has 0 spiro atoms. The molecule has 256 valence electrons. The maximum atomic E-state index is 14.6. The summed E-state index contributed by atoms with van der Waals surface area (Å²) in [5.41, 5.74) is 6.62. The minimum absolute atomic E-state index is 0.0823. The van der Waals surface area contributed by atoms with Crippen LogP contribution in [0.5, 0.6) is 0 Å². The van der Waals surface area contributed by atoms with E-state index in [0.717, 1.165) is 69.5 Å². The summed E-state index contributed by atoms with van der Waals surface area (Å²) in [6.07, 6.45) is 3.17. The Kier molecular flexibility index (Phi) is 11.2. The van der Waals surface area contributed by atoms with E-state index >= 15 is 0 Å². The number of fused-ring (bicyclic) bond motifs is 1. The lowest BCUT2D eigenvalue weighted by Crippen LogP contribution is -2.34. The van der Waals surface area contributed by atoms with Gasteiger partial charge >= 0.3 is 0 Å². The first kappa shape index (κ1) is 35.5. The fourth-order valence-corrected chi connectivity index (χ4v) is 9.06. The van der Waals surface area contributed by atoms with Crippen molar-refractivity contribution in [2.45, 2.75) is 78.0 Å². The molecule has 0 aliphatic carbocycles. The van der Waals surface area contributed by atoms with E-state index in [9.17, 15) is 13.2 Å². The van der Waals surface area contributed by atoms with Crippen molar-refractivity contribution in [2.75, 3.05) is 31.4 Å². The highest BCUT2D eigenvalue weighted by Crippen LogP contribution is 2.40. The molecule has 5 aromatic rings. The SMILES string of the molecule is CCCc1cc(-c2ccc(Cn3c(=O)ccc4c(CC)nc(CC)cc43)cc2C)c(S(=O)(=O)N(COCCOC)c2noc(C)c2C)s1. The third kappa shape index (κ3) is 7.12. The molecule has 12 heteroatoms. The van der Waals surface area contributed by atoms with Crippen LogP contribution in [-0.2, 0) is 45.3 Å². The molecule has 0 atom stereocenters. The van der Waals surface area contributed by atoms with Crippen molar-refractivity contribution in [1.82, 2.24) is 14.7 Å². The summed E-state index contributed by atoms with van der Waals surface area (Å²) in [5, 5.41) is 5.08. The van der Waals surface area contributed by atoms with Crippen molar-refractivity contribution in [2.24, 2.45) is 0 Å². The van der Waals surface area contributed by atoms with Crippen LogP contribution < -0.4 is 9.86 Å². The first-order valence-corrected chi connectivity index (χ1v) is 18.6. The van der Waals surface area contributed by atoms with Crippen LogP contribution in [0, 0.1) is 20.8 Å². The van der Waals surface area contributed by atoms with Gasteiger partial charge < -0.3 is 18.6 Å². The van der Waals surface area contributed by atoms with Crippen LogP contribution in [0.25, 0.3) is 22.0 Å². The summed E-state index contributed by atoms with van der Waals surface area (Å²) in [4.78, 5) is 19.0. The second-order valence-electron chi connectivity index (χ2n) is 11.8. The maximum absolute atomic E-state index is 14.6. The summed E-state index contributed by atoms with van der Waals surface area (Å²) in [6, 6.07) is 13.4. The topological polar surface area (TPSA) is 117 Å². The molecular weight excluding hydrogens is 649 g/mol. The normalized spacial score (nSPS) is 11.9. The number of nitrogens with zero attached hydrogens (tertiary/aromatic N) is 4. The van der Waals surface area contributed by atoms with Crippen LogP contribution in [0.4, 0.5) is 5.82 Å². The van der Waals surface area contributed by atoms with Gasteiger partial charge in [0.2, 0.25) is 0 Å². The molecule has 0 saturated carbocycles. The highest BCUT2D eigenvalue weighted by Gasteiger charge is 2.34. The van der Waals surface area contributed by atoms with E-state index in [1.807, 2.05) is 43.3 Å². The second-order valence-corrected chi connectivity index (χ2v) is 15.0. The van der Waals surface area contributed by atoms with E-state index in [0.29, 0.717) is 30.0 Å². The molecule has 5 rings (SSSR count). The Morgan fingerprint density at radius 3 is 2.42 bits per heavy atom. The largest absolute Gasteiger partial charge is 0.382 e. The maximum Gasteiger partial charge on any atom is 0.277 e. The van der Waals surface area contributed by atoms with Crippen molar-refractivity contribution in [1.29, 1.82) is 0 Å². The number of thiophene rings is 1. The van der Waals surface area contributed by atoms with E-state index in [4.69, 9.17) is 19.0 Å². The molecule has 0 aliphatic heterocycles. The van der Waals surface area contributed by atoms with Crippen LogP contribution in [0.15, 0.2) is 56.0 Å². The number of hydrogen-bond acceptors (Lipinski definition) is 9. The number of benzene rings is 1. The summed E-state index contributed by atoms with van der Waals surface area (Å²) >= 11 is 1.27. The van der Waals surface area contributed by atoms with E-state index < -0.39 is 10.0 Å². The van der Waals surface area contributed by atoms with Crippen molar-refractivity contribution in [3.8, 4) is 11.1 Å². The Hall–Kier alpha value is -3.84. The quantitative estimate of drug-likeness (QED) is 0.0853. The van der Waals surface area contributed by atoms with Gasteiger partial charge in [0.25, 0.3) is 15.6 Å². The molecule has 4 heterocycles. The molecule has 0 fully saturated rings. The van der Waals surface area contributed by atoms with Crippen LogP contribution in [0.3, 0.4) is 0 Å². The minimum atomic E-state index is -4.13. The third-order valence-electron chi connectivity index (χ3n) is 8.52. The van der Waals surface area contributed by atoms with Crippen LogP contribution in [-0.4, -0.2) is 50.2 Å². The molecule has 0 bridgehead atoms. The average molecular weight is 693 g/mol. The predicted octanol–water partition coefficient (Wildman–Crippen LogP) is 6.98. The number of pyridine rings is 2. The number of anilines is 1. The van der Waals surface area contributed by atoms with Gasteiger partial charge in [0.05, 0.1) is 25.3 Å². The zero-order valence-corrected chi connectivity index (χ0v) is 30.4. The van der Waals surface area contributed by atoms with Crippen LogP contribution in [0.1, 0.15) is 65.9 Å². The molecular formula is C36H44N4O6S2. The number of aromatic nitrogens is 3. The van der Waals surface area contributed by atoms with Crippen molar-refractivity contribution >= 4 is 38.1 Å². The smallest absolute Gasteiger partial charge is 0.277 e. The van der Waals surface area contributed by atoms with E-state index in [1.54, 1.807) is 31.6 Å². The first-order chi connectivity index (χ1) is 23.0. The molecule has 0 saturated heterocycles. The standard InChI is InChI=1S/C36H44N4O6S2/c1-8-11-28-20-31(36(47-28)48(42,43)40(22-45-17-16-44-7)35-24(5)25(6)46-38-35)29-13-12-26(18-23(29)4)21-39-33-19-27(9-2)37-32(10-3)30(33)14-15-34(39)41/h12-15,18-20H,8-11,16-17,21-22H2,1-7H3. The summed E-state index contributed by atoms with van der Waals surface area (Å²) in [6.45, 7) is 12.4. The molecule has 10 nitrogen and oxygen atoms in total. The van der Waals surface area contributed by atoms with E-state index in [-0.39, 0.29) is 28.9 Å². The summed E-state index contributed by atoms with van der Waals surface area (Å²) in [7, 11) is -2.57. The van der Waals surface area contributed by atoms with Crippen molar-refractivity contribution in [3.63, 3.8) is 0 Å². The number of ether oxygens (including phenoxy) is 2. The summed E-state index contributed by atoms with van der Waals surface area (Å²) in [5.74, 6) is 0.728. The predicted molar refractivity (Wildman–Crippen MR) is 191 cm³/mol. The highest BCUT2D eigenvalue weighted by molar-refractivity contribution is 7.95. The molecule has 48 heavy (non-hydrogen) atoms. The van der Waals surface area contributed by atoms with Gasteiger partial charge in [-0.15, -0.1) is 11.3 Å². The Morgan fingerprint density at radius 1 is 0.979 bits per heavy atom. The number of aryl methyl sites for hydroxylation is 5. The van der Waals surface area contributed by atoms with Crippen LogP contribution >= 0.6 is 11.3 Å². The molecule has 1 aromatic carbocycles. The fraction of sp³-hybridized carbons (Fsp3) is 0.417. The zero-order valence-electron chi connectivity index (χ0n) is 28.8. The van der Waals surface area contributed by atoms with Crippen LogP contribution in [0.2, 0.25) is 0 Å². The fourth-order valence-electron chi connectivity index (χ4n) is 5.79. The Balaban J connectivity index is 1.57. The number of methoxy groups -OCH3 is 1. The van der Waals surface area contributed by atoms with Gasteiger partial charge in [-0.25, -0.2) is 12.7 Å². The van der Waals surface area contributed by atoms with Crippen molar-refractivity contribution < 1.29 is 22.4 Å². The monoisotopic (exact) mass is 692 g/mol. The molecule has 0 unspecified atom stereocenters. The minimum Gasteiger partial charge on any atom is -0.382 e. The molecule has 0 amide bonds. The van der Waals surface area contributed by atoms with Crippen molar-refractivity contribution in [3.05, 3.63) is 91.5 Å². The average Bonchev–Trinajstić information content (AvgIpc) is 3.64. The lowest BCUT2D eigenvalue weighted by molar-refractivity contribution is 0.0753. The molecule has 4 aromatic heterocycles. The van der Waals surface area contributed by atoms with Gasteiger partial charge in [-0.1, -0.05) is 50.5 Å². The number of hydrogen-bond donors (Lipinski definition) is 0. The summed E-state index contributed by atoms with van der Waals surface area (Å²) < 4.78 is 48.5. The molecule has 0 radical (unpaired) electrons. The van der Waals surface area contributed by atoms with Gasteiger partial charge in [0, 0.05) is 46.0 Å². The molecule has 0 N–H and O–H groups in total. The van der Waals surface area contributed by atoms with Gasteiger partial charge in [0.1, 0.15) is 16.7 Å². The number of sulfonamides is 1. The lowest BCUT2D eigenvalue weighted by atomic mass is 9.99. The Labute approximate surface area is 286 Å². The highest BCUT2D eigenvalue weighted by atomic mass is 32.2. The Bertz CT molecular complexity index is 2080. The van der Waals surface area contributed by atoms with Gasteiger partial charge in [-0.2, -0.15) is 0 Å². The Morgan fingerprint density at radius 2 is 1.77 bits per heavy atom. The molecule has 0 aliphatic rings. The van der Waals surface area contributed by atoms with E-state index in [1.165, 1.54) is 15.6 Å². The third-order valence-corrected chi connectivity index (χ3v) is 11.9. The van der Waals surface area contributed by atoms with Gasteiger partial charge in [-0.05, 0) is 74.9 Å².